The maximum atomic E-state index is 13.4. The Morgan fingerprint density at radius 1 is 0.842 bits per heavy atom. The first kappa shape index (κ1) is 27.2. The molecule has 6 N–H and O–H groups in total. The lowest BCUT2D eigenvalue weighted by Gasteiger charge is -2.24. The van der Waals surface area contributed by atoms with Crippen LogP contribution in [0, 0.1) is 0 Å². The van der Waals surface area contributed by atoms with E-state index in [1.807, 2.05) is 0 Å². The number of nitrogens with two attached hydrogens (primary N) is 1. The van der Waals surface area contributed by atoms with Crippen LogP contribution in [0.15, 0.2) is 58.3 Å². The minimum atomic E-state index is -4.98. The molecule has 38 heavy (non-hydrogen) atoms. The van der Waals surface area contributed by atoms with E-state index in [-0.39, 0.29) is 46.1 Å². The van der Waals surface area contributed by atoms with Crippen molar-refractivity contribution in [2.75, 3.05) is 22.2 Å². The smallest absolute Gasteiger partial charge is 0.296 e. The highest BCUT2D eigenvalue weighted by atomic mass is 35.5. The number of carbonyl (C=O) groups is 3. The number of anilines is 4. The van der Waals surface area contributed by atoms with Crippen molar-refractivity contribution >= 4 is 72.1 Å². The van der Waals surface area contributed by atoms with Crippen LogP contribution in [0.3, 0.4) is 0 Å². The highest BCUT2D eigenvalue weighted by Crippen LogP contribution is 2.40. The predicted octanol–water partition coefficient (Wildman–Crippen LogP) is 2.85. The highest BCUT2D eigenvalue weighted by Gasteiger charge is 2.36. The number of hydrogen-bond donors (Lipinski definition) is 5. The summed E-state index contributed by atoms with van der Waals surface area (Å²) in [7, 11) is -9.87. The molecule has 0 saturated heterocycles. The molecule has 198 valence electrons. The number of carbonyl (C=O) groups excluding carboxylic acids is 3. The van der Waals surface area contributed by atoms with Crippen LogP contribution < -0.4 is 16.4 Å². The molecule has 1 amide bonds. The Morgan fingerprint density at radius 2 is 1.42 bits per heavy atom. The minimum Gasteiger partial charge on any atom is -0.397 e. The van der Waals surface area contributed by atoms with Crippen molar-refractivity contribution in [1.29, 1.82) is 0 Å². The third-order valence-corrected chi connectivity index (χ3v) is 7.59. The summed E-state index contributed by atoms with van der Waals surface area (Å²) in [5.74, 6) is -2.12. The summed E-state index contributed by atoms with van der Waals surface area (Å²) in [5, 5.41) is 4.96. The number of amides is 1. The number of fused-ring (bicyclic) bond motifs is 2. The van der Waals surface area contributed by atoms with Gasteiger partial charge in [-0.3, -0.25) is 23.5 Å². The molecular weight excluding hydrogens is 562 g/mol. The normalized spacial score (nSPS) is 13.0. The van der Waals surface area contributed by atoms with Crippen LogP contribution in [0.4, 0.5) is 22.7 Å². The Balaban J connectivity index is 1.91. The van der Waals surface area contributed by atoms with Gasteiger partial charge in [0.05, 0.1) is 28.2 Å². The third kappa shape index (κ3) is 4.99. The van der Waals surface area contributed by atoms with Gasteiger partial charge in [-0.25, -0.2) is 0 Å². The number of alkyl halides is 1. The fourth-order valence-corrected chi connectivity index (χ4v) is 5.47. The van der Waals surface area contributed by atoms with E-state index in [1.165, 1.54) is 30.3 Å². The Labute approximate surface area is 221 Å². The first-order chi connectivity index (χ1) is 17.7. The lowest BCUT2D eigenvalue weighted by molar-refractivity contribution is -0.115. The second-order valence-electron chi connectivity index (χ2n) is 8.06. The molecule has 0 atom stereocenters. The zero-order valence-corrected chi connectivity index (χ0v) is 21.4. The molecule has 0 aromatic heterocycles. The maximum Gasteiger partial charge on any atom is 0.296 e. The maximum absolute atomic E-state index is 13.4. The Kier molecular flexibility index (Phi) is 7.03. The van der Waals surface area contributed by atoms with Crippen LogP contribution in [0.2, 0.25) is 0 Å². The average Bonchev–Trinajstić information content (AvgIpc) is 2.83. The number of hydrogen-bond acceptors (Lipinski definition) is 9. The summed E-state index contributed by atoms with van der Waals surface area (Å²) in [5.41, 5.74) is 3.84. The van der Waals surface area contributed by atoms with E-state index in [1.54, 1.807) is 0 Å². The number of rotatable bonds is 7. The molecule has 0 aliphatic heterocycles. The predicted molar refractivity (Wildman–Crippen MR) is 137 cm³/mol. The van der Waals surface area contributed by atoms with Crippen molar-refractivity contribution in [3.8, 4) is 0 Å². The standard InChI is InChI=1S/C23H18ClN3O9S2/c24-8-7-18(28)27-14-6-5-11(9-16(14)37(31,32)33)26-15-10-17(38(34,35)36)21(25)20-19(15)22(29)12-3-1-2-4-13(12)23(20)30/h1-6,9-10,26H,7-8,25H2,(H,27,28)(H,31,32,33)(H,34,35,36). The number of benzene rings is 3. The molecule has 0 fully saturated rings. The van der Waals surface area contributed by atoms with E-state index in [0.29, 0.717) is 0 Å². The molecule has 0 unspecified atom stereocenters. The molecule has 1 aliphatic rings. The summed E-state index contributed by atoms with van der Waals surface area (Å²) in [6.07, 6.45) is -0.139. The molecule has 0 spiro atoms. The van der Waals surface area contributed by atoms with Gasteiger partial charge in [-0.05, 0) is 24.3 Å². The van der Waals surface area contributed by atoms with Crippen molar-refractivity contribution in [2.24, 2.45) is 0 Å². The quantitative estimate of drug-likeness (QED) is 0.122. The largest absolute Gasteiger partial charge is 0.397 e. The molecule has 4 rings (SSSR count). The molecule has 12 nitrogen and oxygen atoms in total. The van der Waals surface area contributed by atoms with Gasteiger partial charge < -0.3 is 16.4 Å². The lowest BCUT2D eigenvalue weighted by atomic mass is 9.82. The molecular formula is C23H18ClN3O9S2. The minimum absolute atomic E-state index is 0.0167. The SMILES string of the molecule is Nc1c(S(=O)(=O)O)cc(Nc2ccc(NC(=O)CCCl)c(S(=O)(=O)O)c2)c2c1C(=O)c1ccccc1C2=O. The van der Waals surface area contributed by atoms with E-state index in [0.717, 1.165) is 18.2 Å². The monoisotopic (exact) mass is 579 g/mol. The molecule has 1 aliphatic carbocycles. The first-order valence-electron chi connectivity index (χ1n) is 10.6. The Bertz CT molecular complexity index is 1750. The Hall–Kier alpha value is -3.82. The van der Waals surface area contributed by atoms with Crippen LogP contribution >= 0.6 is 11.6 Å². The lowest BCUT2D eigenvalue weighted by Crippen LogP contribution is -2.25. The van der Waals surface area contributed by atoms with Crippen LogP contribution in [0.5, 0.6) is 0 Å². The number of halogens is 1. The van der Waals surface area contributed by atoms with Crippen molar-refractivity contribution < 1.29 is 40.3 Å². The van der Waals surface area contributed by atoms with Gasteiger partial charge in [-0.1, -0.05) is 24.3 Å². The van der Waals surface area contributed by atoms with Gasteiger partial charge in [-0.2, -0.15) is 16.8 Å². The molecule has 3 aromatic rings. The van der Waals surface area contributed by atoms with Crippen molar-refractivity contribution in [3.05, 3.63) is 70.8 Å². The van der Waals surface area contributed by atoms with Crippen molar-refractivity contribution in [3.63, 3.8) is 0 Å². The second-order valence-corrected chi connectivity index (χ2v) is 11.2. The highest BCUT2D eigenvalue weighted by molar-refractivity contribution is 7.86. The first-order valence-corrected chi connectivity index (χ1v) is 14.0. The molecule has 0 radical (unpaired) electrons. The van der Waals surface area contributed by atoms with Gasteiger partial charge in [0.25, 0.3) is 20.2 Å². The zero-order chi connectivity index (χ0) is 28.0. The summed E-state index contributed by atoms with van der Waals surface area (Å²) in [4.78, 5) is 37.0. The fourth-order valence-electron chi connectivity index (χ4n) is 3.98. The Morgan fingerprint density at radius 3 is 1.97 bits per heavy atom. The molecule has 0 bridgehead atoms. The summed E-state index contributed by atoms with van der Waals surface area (Å²) < 4.78 is 67.6. The summed E-state index contributed by atoms with van der Waals surface area (Å²) in [6.45, 7) is 0. The van der Waals surface area contributed by atoms with E-state index in [9.17, 15) is 40.3 Å². The van der Waals surface area contributed by atoms with Crippen molar-refractivity contribution in [2.45, 2.75) is 16.2 Å². The van der Waals surface area contributed by atoms with Crippen LogP contribution in [0.25, 0.3) is 0 Å². The van der Waals surface area contributed by atoms with E-state index >= 15 is 0 Å². The van der Waals surface area contributed by atoms with Crippen molar-refractivity contribution in [1.82, 2.24) is 0 Å². The molecule has 15 heteroatoms. The van der Waals surface area contributed by atoms with Gasteiger partial charge in [0.1, 0.15) is 9.79 Å². The topological polar surface area (TPSA) is 210 Å². The van der Waals surface area contributed by atoms with Gasteiger partial charge in [0, 0.05) is 29.1 Å². The third-order valence-electron chi connectivity index (χ3n) is 5.61. The average molecular weight is 580 g/mol. The molecule has 3 aromatic carbocycles. The zero-order valence-electron chi connectivity index (χ0n) is 19.1. The number of nitrogen functional groups attached to an aromatic ring is 1. The summed E-state index contributed by atoms with van der Waals surface area (Å²) in [6, 6.07) is 9.90. The van der Waals surface area contributed by atoms with E-state index in [2.05, 4.69) is 10.6 Å². The molecule has 0 saturated carbocycles. The van der Waals surface area contributed by atoms with Crippen LogP contribution in [-0.2, 0) is 25.0 Å². The second kappa shape index (κ2) is 9.81. The van der Waals surface area contributed by atoms with Crippen LogP contribution in [-0.4, -0.2) is 49.3 Å². The van der Waals surface area contributed by atoms with Gasteiger partial charge >= 0.3 is 0 Å². The number of nitrogens with one attached hydrogen (secondary N) is 2. The van der Waals surface area contributed by atoms with E-state index < -0.39 is 58.8 Å². The summed E-state index contributed by atoms with van der Waals surface area (Å²) >= 11 is 5.52. The van der Waals surface area contributed by atoms with E-state index in [4.69, 9.17) is 17.3 Å². The van der Waals surface area contributed by atoms with Gasteiger partial charge in [0.2, 0.25) is 5.91 Å². The molecule has 0 heterocycles. The number of ketones is 2. The fraction of sp³-hybridized carbons (Fsp3) is 0.0870. The van der Waals surface area contributed by atoms with Gasteiger partial charge in [0.15, 0.2) is 11.6 Å². The van der Waals surface area contributed by atoms with Crippen LogP contribution in [0.1, 0.15) is 38.3 Å². The van der Waals surface area contributed by atoms with Gasteiger partial charge in [-0.15, -0.1) is 11.6 Å².